The lowest BCUT2D eigenvalue weighted by molar-refractivity contribution is 0.354. The number of nitriles is 2. The van der Waals surface area contributed by atoms with E-state index in [1.807, 2.05) is 42.5 Å². The Hall–Kier alpha value is -2.10. The van der Waals surface area contributed by atoms with E-state index in [0.29, 0.717) is 0 Å². The van der Waals surface area contributed by atoms with E-state index in [-0.39, 0.29) is 11.0 Å². The van der Waals surface area contributed by atoms with E-state index in [4.69, 9.17) is 10.5 Å². The van der Waals surface area contributed by atoms with Crippen LogP contribution in [0.2, 0.25) is 0 Å². The molecule has 0 atom stereocenters. The van der Waals surface area contributed by atoms with Crippen LogP contribution in [0, 0.1) is 28.1 Å². The van der Waals surface area contributed by atoms with Crippen LogP contribution >= 0.6 is 15.9 Å². The van der Waals surface area contributed by atoms with Crippen LogP contribution in [0.1, 0.15) is 32.3 Å². The first-order valence-corrected chi connectivity index (χ1v) is 7.90. The van der Waals surface area contributed by atoms with E-state index in [0.717, 1.165) is 34.0 Å². The average Bonchev–Trinajstić information content (AvgIpc) is 2.46. The standard InChI is InChI=1S/C19H17BrN2/c1-19(2)10-15(9-16(11-19)17(12-21)13-22)4-3-14-5-7-18(20)8-6-14/h3-9H,10-11H2,1-2H3. The maximum atomic E-state index is 9.09. The second-order valence-corrected chi connectivity index (χ2v) is 7.16. The highest BCUT2D eigenvalue weighted by Crippen LogP contribution is 2.39. The summed E-state index contributed by atoms with van der Waals surface area (Å²) in [4.78, 5) is 0. The van der Waals surface area contributed by atoms with Gasteiger partial charge in [-0.2, -0.15) is 10.5 Å². The highest BCUT2D eigenvalue weighted by atomic mass is 79.9. The lowest BCUT2D eigenvalue weighted by Gasteiger charge is -2.30. The Morgan fingerprint density at radius 1 is 1.09 bits per heavy atom. The molecule has 110 valence electrons. The van der Waals surface area contributed by atoms with Gasteiger partial charge in [-0.15, -0.1) is 0 Å². The minimum absolute atomic E-state index is 0.0580. The van der Waals surface area contributed by atoms with Gasteiger partial charge >= 0.3 is 0 Å². The van der Waals surface area contributed by atoms with Crippen LogP contribution in [0.25, 0.3) is 6.08 Å². The van der Waals surface area contributed by atoms with Crippen molar-refractivity contribution in [1.82, 2.24) is 0 Å². The van der Waals surface area contributed by atoms with Crippen molar-refractivity contribution in [3.8, 4) is 12.1 Å². The first kappa shape index (κ1) is 16.3. The zero-order valence-electron chi connectivity index (χ0n) is 12.7. The Kier molecular flexibility index (Phi) is 5.01. The van der Waals surface area contributed by atoms with Crippen LogP contribution in [0.15, 0.2) is 57.6 Å². The fourth-order valence-corrected chi connectivity index (χ4v) is 2.93. The molecule has 1 aromatic carbocycles. The van der Waals surface area contributed by atoms with E-state index < -0.39 is 0 Å². The molecule has 0 aliphatic heterocycles. The Morgan fingerprint density at radius 3 is 2.32 bits per heavy atom. The molecular formula is C19H17BrN2. The Labute approximate surface area is 140 Å². The van der Waals surface area contributed by atoms with Gasteiger partial charge in [-0.05, 0) is 47.1 Å². The summed E-state index contributed by atoms with van der Waals surface area (Å²) >= 11 is 3.42. The summed E-state index contributed by atoms with van der Waals surface area (Å²) in [5.74, 6) is 0. The molecule has 1 aliphatic carbocycles. The van der Waals surface area contributed by atoms with Crippen LogP contribution in [0.3, 0.4) is 0 Å². The van der Waals surface area contributed by atoms with Crippen molar-refractivity contribution in [1.29, 1.82) is 10.5 Å². The molecule has 0 bridgehead atoms. The molecule has 0 saturated carbocycles. The predicted octanol–water partition coefficient (Wildman–Crippen LogP) is 5.55. The van der Waals surface area contributed by atoms with Crippen molar-refractivity contribution in [2.45, 2.75) is 26.7 Å². The summed E-state index contributed by atoms with van der Waals surface area (Å²) in [5, 5.41) is 18.2. The smallest absolute Gasteiger partial charge is 0.132 e. The molecule has 1 aromatic rings. The SMILES string of the molecule is CC1(C)CC(C=Cc2ccc(Br)cc2)=CC(=C(C#N)C#N)C1. The van der Waals surface area contributed by atoms with E-state index in [9.17, 15) is 0 Å². The summed E-state index contributed by atoms with van der Waals surface area (Å²) in [6, 6.07) is 12.1. The molecule has 0 spiro atoms. The van der Waals surface area contributed by atoms with Crippen molar-refractivity contribution in [2.24, 2.45) is 5.41 Å². The largest absolute Gasteiger partial charge is 0.192 e. The summed E-state index contributed by atoms with van der Waals surface area (Å²) in [7, 11) is 0. The Morgan fingerprint density at radius 2 is 1.73 bits per heavy atom. The number of allylic oxidation sites excluding steroid dienone is 5. The van der Waals surface area contributed by atoms with Gasteiger partial charge in [-0.25, -0.2) is 0 Å². The Balaban J connectivity index is 2.33. The van der Waals surface area contributed by atoms with Crippen LogP contribution < -0.4 is 0 Å². The minimum atomic E-state index is 0.0580. The highest BCUT2D eigenvalue weighted by Gasteiger charge is 2.26. The van der Waals surface area contributed by atoms with Gasteiger partial charge in [-0.3, -0.25) is 0 Å². The van der Waals surface area contributed by atoms with Crippen molar-refractivity contribution in [3.05, 3.63) is 63.2 Å². The van der Waals surface area contributed by atoms with Gasteiger partial charge in [0.25, 0.3) is 0 Å². The zero-order chi connectivity index (χ0) is 16.2. The van der Waals surface area contributed by atoms with E-state index in [2.05, 4.69) is 41.9 Å². The molecule has 2 nitrogen and oxygen atoms in total. The highest BCUT2D eigenvalue weighted by molar-refractivity contribution is 9.10. The second kappa shape index (κ2) is 6.77. The van der Waals surface area contributed by atoms with Gasteiger partial charge in [0.15, 0.2) is 0 Å². The van der Waals surface area contributed by atoms with E-state index >= 15 is 0 Å². The molecule has 0 amide bonds. The van der Waals surface area contributed by atoms with Crippen LogP contribution in [-0.2, 0) is 0 Å². The molecule has 2 rings (SSSR count). The monoisotopic (exact) mass is 352 g/mol. The third-order valence-electron chi connectivity index (χ3n) is 3.62. The quantitative estimate of drug-likeness (QED) is 0.654. The maximum absolute atomic E-state index is 9.09. The van der Waals surface area contributed by atoms with Gasteiger partial charge in [0, 0.05) is 4.47 Å². The first-order valence-electron chi connectivity index (χ1n) is 7.11. The predicted molar refractivity (Wildman–Crippen MR) is 92.5 cm³/mol. The molecule has 0 saturated heterocycles. The molecule has 22 heavy (non-hydrogen) atoms. The normalized spacial score (nSPS) is 16.8. The second-order valence-electron chi connectivity index (χ2n) is 6.25. The van der Waals surface area contributed by atoms with Crippen molar-refractivity contribution >= 4 is 22.0 Å². The van der Waals surface area contributed by atoms with Crippen molar-refractivity contribution in [3.63, 3.8) is 0 Å². The van der Waals surface area contributed by atoms with Crippen molar-refractivity contribution in [2.75, 3.05) is 0 Å². The minimum Gasteiger partial charge on any atom is -0.192 e. The van der Waals surface area contributed by atoms with Gasteiger partial charge in [0.05, 0.1) is 0 Å². The molecular weight excluding hydrogens is 336 g/mol. The lowest BCUT2D eigenvalue weighted by atomic mass is 9.74. The topological polar surface area (TPSA) is 47.6 Å². The fourth-order valence-electron chi connectivity index (χ4n) is 2.67. The molecule has 0 aromatic heterocycles. The molecule has 3 heteroatoms. The molecule has 0 heterocycles. The molecule has 0 fully saturated rings. The van der Waals surface area contributed by atoms with Crippen LogP contribution in [-0.4, -0.2) is 0 Å². The first-order chi connectivity index (χ1) is 10.4. The van der Waals surface area contributed by atoms with E-state index in [1.54, 1.807) is 0 Å². The Bertz CT molecular complexity index is 719. The molecule has 0 radical (unpaired) electrons. The van der Waals surface area contributed by atoms with Crippen LogP contribution in [0.5, 0.6) is 0 Å². The fraction of sp³-hybridized carbons (Fsp3) is 0.263. The van der Waals surface area contributed by atoms with Gasteiger partial charge in [0.2, 0.25) is 0 Å². The van der Waals surface area contributed by atoms with Gasteiger partial charge < -0.3 is 0 Å². The number of benzene rings is 1. The number of halogens is 1. The maximum Gasteiger partial charge on any atom is 0.132 e. The zero-order valence-corrected chi connectivity index (χ0v) is 14.3. The van der Waals surface area contributed by atoms with Gasteiger partial charge in [-0.1, -0.05) is 60.1 Å². The van der Waals surface area contributed by atoms with Gasteiger partial charge in [0.1, 0.15) is 17.7 Å². The van der Waals surface area contributed by atoms with E-state index in [1.165, 1.54) is 0 Å². The summed E-state index contributed by atoms with van der Waals surface area (Å²) in [6.45, 7) is 4.33. The number of nitrogens with zero attached hydrogens (tertiary/aromatic N) is 2. The third-order valence-corrected chi connectivity index (χ3v) is 4.14. The lowest BCUT2D eigenvalue weighted by Crippen LogP contribution is -2.17. The third kappa shape index (κ3) is 4.20. The summed E-state index contributed by atoms with van der Waals surface area (Å²) < 4.78 is 1.06. The molecule has 0 N–H and O–H groups in total. The number of hydrogen-bond acceptors (Lipinski definition) is 2. The number of hydrogen-bond donors (Lipinski definition) is 0. The van der Waals surface area contributed by atoms with Crippen LogP contribution in [0.4, 0.5) is 0 Å². The average molecular weight is 353 g/mol. The summed E-state index contributed by atoms with van der Waals surface area (Å²) in [5.41, 5.74) is 3.40. The molecule has 0 unspecified atom stereocenters. The molecule has 1 aliphatic rings. The van der Waals surface area contributed by atoms with Crippen molar-refractivity contribution < 1.29 is 0 Å². The summed E-state index contributed by atoms with van der Waals surface area (Å²) in [6.07, 6.45) is 7.83. The number of rotatable bonds is 2.